The summed E-state index contributed by atoms with van der Waals surface area (Å²) in [5, 5.41) is 9.00. The lowest BCUT2D eigenvalue weighted by Gasteiger charge is -2.15. The van der Waals surface area contributed by atoms with Crippen molar-refractivity contribution in [3.05, 3.63) is 65.5 Å². The first-order chi connectivity index (χ1) is 10.1. The molecule has 106 valence electrons. The Hall–Kier alpha value is -2.62. The highest BCUT2D eigenvalue weighted by Gasteiger charge is 2.16. The van der Waals surface area contributed by atoms with E-state index in [0.29, 0.717) is 11.5 Å². The third-order valence-electron chi connectivity index (χ3n) is 3.50. The zero-order valence-corrected chi connectivity index (χ0v) is 12.0. The average Bonchev–Trinajstić information content (AvgIpc) is 2.93. The quantitative estimate of drug-likeness (QED) is 0.797. The highest BCUT2D eigenvalue weighted by Crippen LogP contribution is 2.24. The number of hydrogen-bond acceptors (Lipinski definition) is 3. The van der Waals surface area contributed by atoms with Gasteiger partial charge in [0.2, 0.25) is 0 Å². The van der Waals surface area contributed by atoms with Gasteiger partial charge < -0.3 is 9.84 Å². The fraction of sp³-hybridized carbons (Fsp3) is 0.176. The number of rotatable bonds is 3. The normalized spacial score (nSPS) is 12.3. The molecular weight excluding hydrogens is 264 g/mol. The topological polar surface area (TPSA) is 55.1 Å². The van der Waals surface area contributed by atoms with Crippen molar-refractivity contribution in [2.75, 3.05) is 0 Å². The van der Waals surface area contributed by atoms with Gasteiger partial charge in [-0.15, -0.1) is 0 Å². The van der Waals surface area contributed by atoms with E-state index in [1.54, 1.807) is 13.0 Å². The molecule has 0 aliphatic carbocycles. The minimum atomic E-state index is -0.229. The molecule has 3 aromatic rings. The summed E-state index contributed by atoms with van der Waals surface area (Å²) in [6.45, 7) is 3.73. The van der Waals surface area contributed by atoms with Crippen molar-refractivity contribution in [3.8, 4) is 0 Å². The van der Waals surface area contributed by atoms with Gasteiger partial charge in [-0.2, -0.15) is 0 Å². The molecule has 4 heteroatoms. The van der Waals surface area contributed by atoms with Gasteiger partial charge in [-0.25, -0.2) is 0 Å². The van der Waals surface area contributed by atoms with Gasteiger partial charge in [0.15, 0.2) is 5.69 Å². The van der Waals surface area contributed by atoms with Crippen LogP contribution in [0.15, 0.2) is 53.1 Å². The number of aromatic nitrogens is 1. The summed E-state index contributed by atoms with van der Waals surface area (Å²) >= 11 is 0. The zero-order chi connectivity index (χ0) is 14.8. The average molecular weight is 280 g/mol. The highest BCUT2D eigenvalue weighted by atomic mass is 16.5. The molecule has 1 heterocycles. The Morgan fingerprint density at radius 2 is 1.95 bits per heavy atom. The summed E-state index contributed by atoms with van der Waals surface area (Å²) in [5.41, 5.74) is 1.39. The van der Waals surface area contributed by atoms with E-state index in [-0.39, 0.29) is 11.9 Å². The number of benzene rings is 2. The molecule has 1 unspecified atom stereocenters. The van der Waals surface area contributed by atoms with E-state index in [9.17, 15) is 4.79 Å². The summed E-state index contributed by atoms with van der Waals surface area (Å²) in [5.74, 6) is 0.394. The number of carbonyl (C=O) groups is 1. The molecule has 1 amide bonds. The maximum atomic E-state index is 12.1. The van der Waals surface area contributed by atoms with Gasteiger partial charge in [0.05, 0.1) is 6.04 Å². The fourth-order valence-electron chi connectivity index (χ4n) is 2.45. The molecule has 0 fully saturated rings. The van der Waals surface area contributed by atoms with Gasteiger partial charge in [0.25, 0.3) is 5.91 Å². The van der Waals surface area contributed by atoms with Gasteiger partial charge in [-0.05, 0) is 30.2 Å². The predicted molar refractivity (Wildman–Crippen MR) is 81.1 cm³/mol. The number of nitrogens with one attached hydrogen (secondary N) is 1. The molecule has 4 nitrogen and oxygen atoms in total. The Balaban J connectivity index is 1.87. The van der Waals surface area contributed by atoms with Gasteiger partial charge >= 0.3 is 0 Å². The van der Waals surface area contributed by atoms with Crippen LogP contribution < -0.4 is 5.32 Å². The Kier molecular flexibility index (Phi) is 3.44. The van der Waals surface area contributed by atoms with Gasteiger partial charge in [0, 0.05) is 6.07 Å². The standard InChI is InChI=1S/C17H16N2O2/c1-11-10-16(19-21-11)17(20)18-12(2)14-9-5-7-13-6-3-4-8-15(13)14/h3-10,12H,1-2H3,(H,18,20). The lowest BCUT2D eigenvalue weighted by molar-refractivity contribution is 0.0931. The molecule has 2 aromatic carbocycles. The van der Waals surface area contributed by atoms with Crippen molar-refractivity contribution in [2.24, 2.45) is 0 Å². The van der Waals surface area contributed by atoms with Crippen molar-refractivity contribution >= 4 is 16.7 Å². The highest BCUT2D eigenvalue weighted by molar-refractivity contribution is 5.93. The van der Waals surface area contributed by atoms with Crippen LogP contribution in [0.5, 0.6) is 0 Å². The van der Waals surface area contributed by atoms with E-state index in [2.05, 4.69) is 28.7 Å². The second-order valence-corrected chi connectivity index (χ2v) is 5.09. The summed E-state index contributed by atoms with van der Waals surface area (Å²) in [4.78, 5) is 12.1. The van der Waals surface area contributed by atoms with E-state index >= 15 is 0 Å². The van der Waals surface area contributed by atoms with E-state index in [4.69, 9.17) is 4.52 Å². The number of fused-ring (bicyclic) bond motifs is 1. The molecular formula is C17H16N2O2. The van der Waals surface area contributed by atoms with Gasteiger partial charge in [-0.3, -0.25) is 4.79 Å². The van der Waals surface area contributed by atoms with Gasteiger partial charge in [-0.1, -0.05) is 47.6 Å². The summed E-state index contributed by atoms with van der Waals surface area (Å²) < 4.78 is 4.93. The van der Waals surface area contributed by atoms with Crippen molar-refractivity contribution in [1.82, 2.24) is 10.5 Å². The molecule has 0 saturated heterocycles. The Bertz CT molecular complexity index is 787. The number of carbonyl (C=O) groups excluding carboxylic acids is 1. The molecule has 1 aromatic heterocycles. The van der Waals surface area contributed by atoms with E-state index in [0.717, 1.165) is 16.3 Å². The molecule has 1 N–H and O–H groups in total. The largest absolute Gasteiger partial charge is 0.361 e. The third-order valence-corrected chi connectivity index (χ3v) is 3.50. The summed E-state index contributed by atoms with van der Waals surface area (Å²) in [6, 6.07) is 15.7. The summed E-state index contributed by atoms with van der Waals surface area (Å²) in [7, 11) is 0. The van der Waals surface area contributed by atoms with Crippen LogP contribution in [-0.4, -0.2) is 11.1 Å². The van der Waals surface area contributed by atoms with E-state index < -0.39 is 0 Å². The smallest absolute Gasteiger partial charge is 0.273 e. The van der Waals surface area contributed by atoms with Crippen LogP contribution in [0.4, 0.5) is 0 Å². The van der Waals surface area contributed by atoms with Crippen LogP contribution in [0, 0.1) is 6.92 Å². The van der Waals surface area contributed by atoms with Crippen LogP contribution >= 0.6 is 0 Å². The second-order valence-electron chi connectivity index (χ2n) is 5.09. The third kappa shape index (κ3) is 2.65. The van der Waals surface area contributed by atoms with Gasteiger partial charge in [0.1, 0.15) is 5.76 Å². The molecule has 0 radical (unpaired) electrons. The lowest BCUT2D eigenvalue weighted by atomic mass is 9.99. The predicted octanol–water partition coefficient (Wildman–Crippen LogP) is 3.63. The van der Waals surface area contributed by atoms with Crippen molar-refractivity contribution in [1.29, 1.82) is 0 Å². The first-order valence-corrected chi connectivity index (χ1v) is 6.87. The monoisotopic (exact) mass is 280 g/mol. The molecule has 0 aliphatic heterocycles. The van der Waals surface area contributed by atoms with Crippen LogP contribution in [0.2, 0.25) is 0 Å². The maximum Gasteiger partial charge on any atom is 0.273 e. The SMILES string of the molecule is Cc1cc(C(=O)NC(C)c2cccc3ccccc23)no1. The zero-order valence-electron chi connectivity index (χ0n) is 12.0. The Morgan fingerprint density at radius 3 is 2.71 bits per heavy atom. The molecule has 3 rings (SSSR count). The van der Waals surface area contributed by atoms with Crippen LogP contribution in [0.25, 0.3) is 10.8 Å². The number of aryl methyl sites for hydroxylation is 1. The number of hydrogen-bond donors (Lipinski definition) is 1. The number of nitrogens with zero attached hydrogens (tertiary/aromatic N) is 1. The first kappa shape index (κ1) is 13.4. The summed E-state index contributed by atoms with van der Waals surface area (Å²) in [6.07, 6.45) is 0. The molecule has 21 heavy (non-hydrogen) atoms. The maximum absolute atomic E-state index is 12.1. The molecule has 0 bridgehead atoms. The van der Waals surface area contributed by atoms with E-state index in [1.165, 1.54) is 0 Å². The second kappa shape index (κ2) is 5.40. The molecule has 0 aliphatic rings. The van der Waals surface area contributed by atoms with Crippen LogP contribution in [0.1, 0.15) is 34.8 Å². The lowest BCUT2D eigenvalue weighted by Crippen LogP contribution is -2.27. The van der Waals surface area contributed by atoms with Crippen LogP contribution in [0.3, 0.4) is 0 Å². The van der Waals surface area contributed by atoms with Crippen LogP contribution in [-0.2, 0) is 0 Å². The molecule has 1 atom stereocenters. The molecule has 0 spiro atoms. The molecule has 0 saturated carbocycles. The van der Waals surface area contributed by atoms with E-state index in [1.807, 2.05) is 31.2 Å². The first-order valence-electron chi connectivity index (χ1n) is 6.87. The van der Waals surface area contributed by atoms with Crippen molar-refractivity contribution < 1.29 is 9.32 Å². The fourth-order valence-corrected chi connectivity index (χ4v) is 2.45. The minimum Gasteiger partial charge on any atom is -0.361 e. The Morgan fingerprint density at radius 1 is 1.19 bits per heavy atom. The van der Waals surface area contributed by atoms with Crippen molar-refractivity contribution in [2.45, 2.75) is 19.9 Å². The number of amides is 1. The Labute approximate surface area is 122 Å². The minimum absolute atomic E-state index is 0.111. The van der Waals surface area contributed by atoms with Crippen molar-refractivity contribution in [3.63, 3.8) is 0 Å².